The summed E-state index contributed by atoms with van der Waals surface area (Å²) in [5.74, 6) is 2.20. The summed E-state index contributed by atoms with van der Waals surface area (Å²) in [5.41, 5.74) is 2.29. The molecule has 6 nitrogen and oxygen atoms in total. The van der Waals surface area contributed by atoms with Crippen molar-refractivity contribution in [1.29, 1.82) is 0 Å². The summed E-state index contributed by atoms with van der Waals surface area (Å²) in [6, 6.07) is 7.54. The van der Waals surface area contributed by atoms with Crippen molar-refractivity contribution in [2.45, 2.75) is 12.6 Å². The maximum Gasteiger partial charge on any atom is 0.315 e. The van der Waals surface area contributed by atoms with E-state index >= 15 is 0 Å². The van der Waals surface area contributed by atoms with Crippen LogP contribution in [-0.2, 0) is 11.3 Å². The summed E-state index contributed by atoms with van der Waals surface area (Å²) in [6.07, 6.45) is 0. The van der Waals surface area contributed by atoms with E-state index in [0.717, 1.165) is 18.7 Å². The van der Waals surface area contributed by atoms with E-state index in [0.29, 0.717) is 13.1 Å². The molecule has 2 saturated heterocycles. The van der Waals surface area contributed by atoms with Crippen molar-refractivity contribution in [2.75, 3.05) is 36.0 Å². The number of hydrogen-bond acceptors (Lipinski definition) is 4. The molecule has 22 heavy (non-hydrogen) atoms. The van der Waals surface area contributed by atoms with Gasteiger partial charge in [-0.1, -0.05) is 12.1 Å². The zero-order valence-corrected chi connectivity index (χ0v) is 13.1. The van der Waals surface area contributed by atoms with E-state index in [1.165, 1.54) is 17.2 Å². The Kier molecular flexibility index (Phi) is 4.72. The Labute approximate surface area is 134 Å². The largest absolute Gasteiger partial charge is 0.370 e. The molecule has 0 saturated carbocycles. The zero-order valence-electron chi connectivity index (χ0n) is 12.3. The standard InChI is InChI=1S/C15H20N4O2S/c20-14(13-10-17-15(21)18-13)16-9-11-1-3-12(4-2-11)19-5-7-22-8-6-19/h1-4,13H,5-10H2,(H,16,20)(H2,17,18,21)/t13-/m1/s1. The van der Waals surface area contributed by atoms with Gasteiger partial charge in [0.1, 0.15) is 6.04 Å². The first-order chi connectivity index (χ1) is 10.7. The average Bonchev–Trinajstić information content (AvgIpc) is 3.00. The molecule has 0 spiro atoms. The number of carbonyl (C=O) groups is 2. The van der Waals surface area contributed by atoms with Crippen molar-refractivity contribution >= 4 is 29.4 Å². The lowest BCUT2D eigenvalue weighted by atomic mass is 10.2. The van der Waals surface area contributed by atoms with E-state index < -0.39 is 6.04 Å². The second-order valence-electron chi connectivity index (χ2n) is 5.39. The summed E-state index contributed by atoms with van der Waals surface area (Å²) in [7, 11) is 0. The normalized spacial score (nSPS) is 21.2. The SMILES string of the molecule is O=C1NC[C@H](C(=O)NCc2ccc(N3CCSCC3)cc2)N1. The Morgan fingerprint density at radius 3 is 2.64 bits per heavy atom. The van der Waals surface area contributed by atoms with E-state index in [2.05, 4.69) is 33.0 Å². The molecule has 3 N–H and O–H groups in total. The molecular weight excluding hydrogens is 300 g/mol. The Balaban J connectivity index is 1.50. The van der Waals surface area contributed by atoms with Gasteiger partial charge in [0.05, 0.1) is 0 Å². The molecular formula is C15H20N4O2S. The Morgan fingerprint density at radius 2 is 2.00 bits per heavy atom. The number of benzene rings is 1. The summed E-state index contributed by atoms with van der Waals surface area (Å²) < 4.78 is 0. The molecule has 0 radical (unpaired) electrons. The third-order valence-corrected chi connectivity index (χ3v) is 4.81. The number of rotatable bonds is 4. The van der Waals surface area contributed by atoms with Gasteiger partial charge in [-0.25, -0.2) is 4.79 Å². The minimum absolute atomic E-state index is 0.157. The molecule has 2 fully saturated rings. The van der Waals surface area contributed by atoms with Crippen LogP contribution < -0.4 is 20.9 Å². The lowest BCUT2D eigenvalue weighted by Crippen LogP contribution is -2.42. The molecule has 2 heterocycles. The van der Waals surface area contributed by atoms with Gasteiger partial charge in [-0.3, -0.25) is 4.79 Å². The van der Waals surface area contributed by atoms with Gasteiger partial charge in [0, 0.05) is 43.4 Å². The number of nitrogens with zero attached hydrogens (tertiary/aromatic N) is 1. The summed E-state index contributed by atoms with van der Waals surface area (Å²) in [5, 5.41) is 8.00. The summed E-state index contributed by atoms with van der Waals surface area (Å²) >= 11 is 2.00. The number of amides is 3. The van der Waals surface area contributed by atoms with Crippen LogP contribution in [0.2, 0.25) is 0 Å². The number of urea groups is 1. The predicted molar refractivity (Wildman–Crippen MR) is 88.1 cm³/mol. The monoisotopic (exact) mass is 320 g/mol. The van der Waals surface area contributed by atoms with Gasteiger partial charge in [0.15, 0.2) is 0 Å². The van der Waals surface area contributed by atoms with Crippen LogP contribution in [0.5, 0.6) is 0 Å². The fraction of sp³-hybridized carbons (Fsp3) is 0.467. The molecule has 0 unspecified atom stereocenters. The minimum Gasteiger partial charge on any atom is -0.370 e. The van der Waals surface area contributed by atoms with Gasteiger partial charge in [0.2, 0.25) is 5.91 Å². The van der Waals surface area contributed by atoms with Crippen molar-refractivity contribution < 1.29 is 9.59 Å². The second-order valence-corrected chi connectivity index (χ2v) is 6.62. The second kappa shape index (κ2) is 6.91. The summed E-state index contributed by atoms with van der Waals surface area (Å²) in [4.78, 5) is 25.3. The lowest BCUT2D eigenvalue weighted by Gasteiger charge is -2.28. The minimum atomic E-state index is -0.474. The van der Waals surface area contributed by atoms with Crippen LogP contribution in [0.4, 0.5) is 10.5 Å². The van der Waals surface area contributed by atoms with E-state index in [1.807, 2.05) is 23.9 Å². The molecule has 1 aromatic carbocycles. The van der Waals surface area contributed by atoms with Crippen LogP contribution in [0, 0.1) is 0 Å². The first-order valence-corrected chi connectivity index (χ1v) is 8.61. The molecule has 0 aliphatic carbocycles. The molecule has 7 heteroatoms. The van der Waals surface area contributed by atoms with Gasteiger partial charge in [-0.15, -0.1) is 0 Å². The number of thioether (sulfide) groups is 1. The van der Waals surface area contributed by atoms with E-state index in [1.54, 1.807) is 0 Å². The van der Waals surface area contributed by atoms with Crippen LogP contribution in [0.1, 0.15) is 5.56 Å². The first kappa shape index (κ1) is 15.0. The zero-order chi connectivity index (χ0) is 15.4. The summed E-state index contributed by atoms with van der Waals surface area (Å²) in [6.45, 7) is 3.00. The lowest BCUT2D eigenvalue weighted by molar-refractivity contribution is -0.122. The maximum atomic E-state index is 11.9. The van der Waals surface area contributed by atoms with Gasteiger partial charge < -0.3 is 20.9 Å². The van der Waals surface area contributed by atoms with Crippen molar-refractivity contribution in [2.24, 2.45) is 0 Å². The van der Waals surface area contributed by atoms with Crippen molar-refractivity contribution in [3.8, 4) is 0 Å². The van der Waals surface area contributed by atoms with Crippen LogP contribution in [-0.4, -0.2) is 49.1 Å². The molecule has 1 atom stereocenters. The third-order valence-electron chi connectivity index (χ3n) is 3.87. The predicted octanol–water partition coefficient (Wildman–Crippen LogP) is 0.537. The van der Waals surface area contributed by atoms with Gasteiger partial charge in [0.25, 0.3) is 0 Å². The Bertz CT molecular complexity index is 543. The molecule has 0 bridgehead atoms. The van der Waals surface area contributed by atoms with Crippen LogP contribution in [0.25, 0.3) is 0 Å². The average molecular weight is 320 g/mol. The highest BCUT2D eigenvalue weighted by molar-refractivity contribution is 7.99. The molecule has 118 valence electrons. The fourth-order valence-electron chi connectivity index (χ4n) is 2.57. The van der Waals surface area contributed by atoms with Gasteiger partial charge in [-0.05, 0) is 17.7 Å². The number of carbonyl (C=O) groups excluding carboxylic acids is 2. The Morgan fingerprint density at radius 1 is 1.27 bits per heavy atom. The van der Waals surface area contributed by atoms with Crippen LogP contribution >= 0.6 is 11.8 Å². The molecule has 0 aromatic heterocycles. The first-order valence-electron chi connectivity index (χ1n) is 7.46. The molecule has 3 amide bonds. The van der Waals surface area contributed by atoms with Crippen molar-refractivity contribution in [3.63, 3.8) is 0 Å². The number of hydrogen-bond donors (Lipinski definition) is 3. The third kappa shape index (κ3) is 3.65. The highest BCUT2D eigenvalue weighted by Crippen LogP contribution is 2.19. The smallest absolute Gasteiger partial charge is 0.315 e. The molecule has 1 aromatic rings. The highest BCUT2D eigenvalue weighted by Gasteiger charge is 2.26. The van der Waals surface area contributed by atoms with E-state index in [9.17, 15) is 9.59 Å². The van der Waals surface area contributed by atoms with Crippen LogP contribution in [0.15, 0.2) is 24.3 Å². The molecule has 3 rings (SSSR count). The fourth-order valence-corrected chi connectivity index (χ4v) is 3.47. The van der Waals surface area contributed by atoms with Crippen LogP contribution in [0.3, 0.4) is 0 Å². The Hall–Kier alpha value is -1.89. The quantitative estimate of drug-likeness (QED) is 0.757. The number of anilines is 1. The van der Waals surface area contributed by atoms with Crippen molar-refractivity contribution in [1.82, 2.24) is 16.0 Å². The maximum absolute atomic E-state index is 11.9. The van der Waals surface area contributed by atoms with Gasteiger partial charge in [-0.2, -0.15) is 11.8 Å². The number of nitrogens with one attached hydrogen (secondary N) is 3. The topological polar surface area (TPSA) is 73.5 Å². The van der Waals surface area contributed by atoms with E-state index in [-0.39, 0.29) is 11.9 Å². The molecule has 2 aliphatic heterocycles. The van der Waals surface area contributed by atoms with E-state index in [4.69, 9.17) is 0 Å². The molecule has 2 aliphatic rings. The van der Waals surface area contributed by atoms with Crippen molar-refractivity contribution in [3.05, 3.63) is 29.8 Å². The van der Waals surface area contributed by atoms with Gasteiger partial charge >= 0.3 is 6.03 Å². The highest BCUT2D eigenvalue weighted by atomic mass is 32.2.